The Bertz CT molecular complexity index is 932. The lowest BCUT2D eigenvalue weighted by atomic mass is 10.3. The maximum atomic E-state index is 13.1. The minimum absolute atomic E-state index is 0.107. The van der Waals surface area contributed by atoms with Gasteiger partial charge in [0, 0.05) is 15.7 Å². The largest absolute Gasteiger partial charge is 0.465 e. The Kier molecular flexibility index (Phi) is 6.53. The van der Waals surface area contributed by atoms with Crippen molar-refractivity contribution in [3.63, 3.8) is 0 Å². The van der Waals surface area contributed by atoms with Gasteiger partial charge in [-0.15, -0.1) is 0 Å². The molecule has 0 bridgehead atoms. The predicted octanol–water partition coefficient (Wildman–Crippen LogP) is 2.96. The molecule has 0 radical (unpaired) electrons. The molecule has 8 nitrogen and oxygen atoms in total. The smallest absolute Gasteiger partial charge is 0.326 e. The number of ether oxygens (including phenoxy) is 1. The maximum Gasteiger partial charge on any atom is 0.326 e. The van der Waals surface area contributed by atoms with Crippen LogP contribution in [0.5, 0.6) is 0 Å². The standard InChI is InChI=1S/C16H15IN2O6S/c1-2-25-16(20)11-18(15-9-4-3-8-14(15)17)26(23,24)13-7-5-6-12(10-13)19(21)22/h3-10H,2,11H2,1H3. The molecule has 0 N–H and O–H groups in total. The van der Waals surface area contributed by atoms with Crippen molar-refractivity contribution >= 4 is 50.0 Å². The third kappa shape index (κ3) is 4.49. The van der Waals surface area contributed by atoms with Crippen LogP contribution in [0.4, 0.5) is 11.4 Å². The summed E-state index contributed by atoms with van der Waals surface area (Å²) in [4.78, 5) is 21.9. The summed E-state index contributed by atoms with van der Waals surface area (Å²) >= 11 is 1.95. The van der Waals surface area contributed by atoms with Crippen molar-refractivity contribution in [3.8, 4) is 0 Å². The van der Waals surface area contributed by atoms with Crippen LogP contribution in [-0.4, -0.2) is 32.5 Å². The number of nitrogens with zero attached hydrogens (tertiary/aromatic N) is 2. The highest BCUT2D eigenvalue weighted by Gasteiger charge is 2.30. The molecule has 0 aliphatic carbocycles. The number of anilines is 1. The van der Waals surface area contributed by atoms with E-state index >= 15 is 0 Å². The number of nitro benzene ring substituents is 1. The van der Waals surface area contributed by atoms with Gasteiger partial charge < -0.3 is 4.74 Å². The zero-order valence-corrected chi connectivity index (χ0v) is 16.6. The van der Waals surface area contributed by atoms with Crippen LogP contribution in [0, 0.1) is 13.7 Å². The Morgan fingerprint density at radius 3 is 2.54 bits per heavy atom. The van der Waals surface area contributed by atoms with Crippen molar-refractivity contribution in [1.82, 2.24) is 0 Å². The minimum Gasteiger partial charge on any atom is -0.465 e. The molecular formula is C16H15IN2O6S. The molecule has 26 heavy (non-hydrogen) atoms. The Morgan fingerprint density at radius 2 is 1.92 bits per heavy atom. The number of non-ortho nitro benzene ring substituents is 1. The normalized spacial score (nSPS) is 11.0. The number of hydrogen-bond acceptors (Lipinski definition) is 6. The summed E-state index contributed by atoms with van der Waals surface area (Å²) < 4.78 is 32.5. The summed E-state index contributed by atoms with van der Waals surface area (Å²) in [5, 5.41) is 11.0. The fourth-order valence-electron chi connectivity index (χ4n) is 2.16. The zero-order chi connectivity index (χ0) is 19.3. The van der Waals surface area contributed by atoms with Crippen molar-refractivity contribution in [2.24, 2.45) is 0 Å². The van der Waals surface area contributed by atoms with Crippen LogP contribution in [0.2, 0.25) is 0 Å². The van der Waals surface area contributed by atoms with Crippen LogP contribution in [-0.2, 0) is 19.6 Å². The van der Waals surface area contributed by atoms with E-state index in [0.717, 1.165) is 10.4 Å². The van der Waals surface area contributed by atoms with E-state index in [1.165, 1.54) is 18.2 Å². The molecule has 0 aromatic heterocycles. The van der Waals surface area contributed by atoms with Crippen molar-refractivity contribution in [1.29, 1.82) is 0 Å². The third-order valence-electron chi connectivity index (χ3n) is 3.32. The molecule has 2 aromatic rings. The molecule has 0 atom stereocenters. The van der Waals surface area contributed by atoms with E-state index in [9.17, 15) is 23.3 Å². The van der Waals surface area contributed by atoms with Crippen molar-refractivity contribution in [2.75, 3.05) is 17.5 Å². The summed E-state index contributed by atoms with van der Waals surface area (Å²) in [5.74, 6) is -0.721. The maximum absolute atomic E-state index is 13.1. The van der Waals surface area contributed by atoms with E-state index in [2.05, 4.69) is 0 Å². The number of hydrogen-bond donors (Lipinski definition) is 0. The van der Waals surface area contributed by atoms with Gasteiger partial charge in [-0.2, -0.15) is 0 Å². The van der Waals surface area contributed by atoms with Crippen LogP contribution >= 0.6 is 22.6 Å². The van der Waals surface area contributed by atoms with Crippen LogP contribution in [0.15, 0.2) is 53.4 Å². The predicted molar refractivity (Wildman–Crippen MR) is 103 cm³/mol. The number of halogens is 1. The van der Waals surface area contributed by atoms with E-state index in [0.29, 0.717) is 3.57 Å². The second-order valence-electron chi connectivity index (χ2n) is 5.02. The summed E-state index contributed by atoms with van der Waals surface area (Å²) in [5.41, 5.74) is -0.0717. The van der Waals surface area contributed by atoms with Crippen molar-refractivity contribution in [2.45, 2.75) is 11.8 Å². The number of sulfonamides is 1. The molecule has 138 valence electrons. The van der Waals surface area contributed by atoms with Gasteiger partial charge in [-0.1, -0.05) is 18.2 Å². The van der Waals surface area contributed by atoms with Gasteiger partial charge in [-0.05, 0) is 47.7 Å². The lowest BCUT2D eigenvalue weighted by Crippen LogP contribution is -2.37. The van der Waals surface area contributed by atoms with Gasteiger partial charge in [0.25, 0.3) is 15.7 Å². The van der Waals surface area contributed by atoms with Gasteiger partial charge in [0.05, 0.1) is 22.1 Å². The molecule has 0 heterocycles. The van der Waals surface area contributed by atoms with Gasteiger partial charge in [-0.25, -0.2) is 8.42 Å². The second-order valence-corrected chi connectivity index (χ2v) is 8.05. The SMILES string of the molecule is CCOC(=O)CN(c1ccccc1I)S(=O)(=O)c1cccc([N+](=O)[O-])c1. The molecular weight excluding hydrogens is 475 g/mol. The Labute approximate surface area is 164 Å². The molecule has 0 saturated heterocycles. The van der Waals surface area contributed by atoms with E-state index in [1.807, 2.05) is 22.6 Å². The lowest BCUT2D eigenvalue weighted by Gasteiger charge is -2.24. The fraction of sp³-hybridized carbons (Fsp3) is 0.188. The molecule has 0 amide bonds. The monoisotopic (exact) mass is 490 g/mol. The summed E-state index contributed by atoms with van der Waals surface area (Å²) in [6, 6.07) is 11.3. The number of esters is 1. The van der Waals surface area contributed by atoms with Crippen molar-refractivity contribution in [3.05, 3.63) is 62.2 Å². The second kappa shape index (κ2) is 8.45. The lowest BCUT2D eigenvalue weighted by molar-refractivity contribution is -0.385. The first kappa shape index (κ1) is 20.1. The van der Waals surface area contributed by atoms with Gasteiger partial charge in [0.2, 0.25) is 0 Å². The third-order valence-corrected chi connectivity index (χ3v) is 5.98. The van der Waals surface area contributed by atoms with E-state index in [4.69, 9.17) is 4.74 Å². The Morgan fingerprint density at radius 1 is 1.23 bits per heavy atom. The van der Waals surface area contributed by atoms with Crippen LogP contribution in [0.1, 0.15) is 6.92 Å². The summed E-state index contributed by atoms with van der Waals surface area (Å²) in [7, 11) is -4.22. The molecule has 2 rings (SSSR count). The molecule has 0 aliphatic heterocycles. The van der Waals surface area contributed by atoms with E-state index in [-0.39, 0.29) is 22.9 Å². The number of carbonyl (C=O) groups excluding carboxylic acids is 1. The van der Waals surface area contributed by atoms with Crippen LogP contribution in [0.25, 0.3) is 0 Å². The average molecular weight is 490 g/mol. The fourth-order valence-corrected chi connectivity index (χ4v) is 4.47. The Hall–Kier alpha value is -2.21. The quantitative estimate of drug-likeness (QED) is 0.256. The number of carbonyl (C=O) groups is 1. The summed E-state index contributed by atoms with van der Waals surface area (Å²) in [6.45, 7) is 1.18. The first-order valence-electron chi connectivity index (χ1n) is 7.44. The summed E-state index contributed by atoms with van der Waals surface area (Å²) in [6.07, 6.45) is 0. The molecule has 10 heteroatoms. The number of nitro groups is 1. The number of rotatable bonds is 7. The van der Waals surface area contributed by atoms with E-state index < -0.39 is 27.5 Å². The highest BCUT2D eigenvalue weighted by Crippen LogP contribution is 2.29. The van der Waals surface area contributed by atoms with Crippen LogP contribution in [0.3, 0.4) is 0 Å². The zero-order valence-electron chi connectivity index (χ0n) is 13.7. The highest BCUT2D eigenvalue weighted by molar-refractivity contribution is 14.1. The molecule has 0 fully saturated rings. The Balaban J connectivity index is 2.56. The molecule has 0 spiro atoms. The molecule has 0 aliphatic rings. The first-order valence-corrected chi connectivity index (χ1v) is 9.96. The minimum atomic E-state index is -4.22. The first-order chi connectivity index (χ1) is 12.3. The average Bonchev–Trinajstić information content (AvgIpc) is 2.60. The number of para-hydroxylation sites is 1. The van der Waals surface area contributed by atoms with Gasteiger partial charge in [-0.3, -0.25) is 19.2 Å². The highest BCUT2D eigenvalue weighted by atomic mass is 127. The molecule has 2 aromatic carbocycles. The van der Waals surface area contributed by atoms with Crippen LogP contribution < -0.4 is 4.31 Å². The molecule has 0 unspecified atom stereocenters. The number of benzene rings is 2. The van der Waals surface area contributed by atoms with Gasteiger partial charge in [0.1, 0.15) is 6.54 Å². The van der Waals surface area contributed by atoms with E-state index in [1.54, 1.807) is 31.2 Å². The van der Waals surface area contributed by atoms with Gasteiger partial charge >= 0.3 is 5.97 Å². The van der Waals surface area contributed by atoms with Crippen molar-refractivity contribution < 1.29 is 22.9 Å². The van der Waals surface area contributed by atoms with Gasteiger partial charge in [0.15, 0.2) is 0 Å². The molecule has 0 saturated carbocycles. The topological polar surface area (TPSA) is 107 Å².